The lowest BCUT2D eigenvalue weighted by Gasteiger charge is -2.20. The van der Waals surface area contributed by atoms with Crippen molar-refractivity contribution in [1.29, 1.82) is 0 Å². The average Bonchev–Trinajstić information content (AvgIpc) is 2.59. The van der Waals surface area contributed by atoms with Crippen LogP contribution in [0.15, 0.2) is 48.5 Å². The van der Waals surface area contributed by atoms with Gasteiger partial charge in [0.2, 0.25) is 5.91 Å². The molecule has 0 aliphatic rings. The number of primary amides is 1. The number of rotatable bonds is 7. The van der Waals surface area contributed by atoms with Crippen molar-refractivity contribution < 1.29 is 14.3 Å². The lowest BCUT2D eigenvalue weighted by atomic mass is 10.1. The van der Waals surface area contributed by atoms with E-state index in [9.17, 15) is 9.59 Å². The topological polar surface area (TPSA) is 93.4 Å². The van der Waals surface area contributed by atoms with E-state index in [0.717, 1.165) is 11.1 Å². The normalized spacial score (nSPS) is 12.9. The van der Waals surface area contributed by atoms with Gasteiger partial charge in [0, 0.05) is 0 Å². The number of nitrogens with one attached hydrogen (secondary N) is 2. The van der Waals surface area contributed by atoms with Crippen molar-refractivity contribution in [2.45, 2.75) is 32.9 Å². The number of carbonyl (C=O) groups is 2. The van der Waals surface area contributed by atoms with Crippen LogP contribution in [0.2, 0.25) is 0 Å². The molecular weight excluding hydrogens is 318 g/mol. The van der Waals surface area contributed by atoms with Gasteiger partial charge in [-0.15, -0.1) is 0 Å². The minimum absolute atomic E-state index is 0.400. The molecule has 2 amide bonds. The summed E-state index contributed by atoms with van der Waals surface area (Å²) >= 11 is 0. The highest BCUT2D eigenvalue weighted by Gasteiger charge is 2.21. The Labute approximate surface area is 147 Å². The third-order valence-electron chi connectivity index (χ3n) is 3.99. The Kier molecular flexibility index (Phi) is 6.14. The summed E-state index contributed by atoms with van der Waals surface area (Å²) in [6.45, 7) is 5.55. The first-order valence-electron chi connectivity index (χ1n) is 8.02. The third-order valence-corrected chi connectivity index (χ3v) is 3.99. The Morgan fingerprint density at radius 3 is 2.36 bits per heavy atom. The Hall–Kier alpha value is -2.86. The van der Waals surface area contributed by atoms with Crippen molar-refractivity contribution in [3.63, 3.8) is 0 Å². The summed E-state index contributed by atoms with van der Waals surface area (Å²) in [7, 11) is 0. The second kappa shape index (κ2) is 8.30. The number of hydrazine groups is 1. The van der Waals surface area contributed by atoms with Gasteiger partial charge in [-0.1, -0.05) is 42.5 Å². The summed E-state index contributed by atoms with van der Waals surface area (Å²) < 4.78 is 5.72. The van der Waals surface area contributed by atoms with Gasteiger partial charge in [-0.2, -0.15) is 0 Å². The van der Waals surface area contributed by atoms with Crippen LogP contribution in [0.1, 0.15) is 29.7 Å². The Balaban J connectivity index is 1.98. The molecule has 0 aliphatic heterocycles. The third kappa shape index (κ3) is 4.81. The fourth-order valence-electron chi connectivity index (χ4n) is 2.30. The summed E-state index contributed by atoms with van der Waals surface area (Å²) in [5.74, 6) is -0.338. The maximum absolute atomic E-state index is 12.3. The predicted octanol–water partition coefficient (Wildman–Crippen LogP) is 1.92. The second-order valence-corrected chi connectivity index (χ2v) is 5.84. The molecule has 25 heavy (non-hydrogen) atoms. The SMILES string of the molecule is Cc1cccc(O[C@@H](C)C(=O)NN[C@H](C(N)=O)c2ccccc2)c1C. The highest BCUT2D eigenvalue weighted by molar-refractivity contribution is 5.83. The zero-order valence-electron chi connectivity index (χ0n) is 14.6. The number of aryl methyl sites for hydroxylation is 1. The molecule has 0 aromatic heterocycles. The van der Waals surface area contributed by atoms with E-state index in [1.54, 1.807) is 31.2 Å². The molecule has 0 saturated carbocycles. The van der Waals surface area contributed by atoms with Crippen molar-refractivity contribution in [2.75, 3.05) is 0 Å². The molecule has 2 aromatic rings. The molecule has 0 spiro atoms. The molecule has 6 heteroatoms. The van der Waals surface area contributed by atoms with Crippen molar-refractivity contribution in [3.05, 3.63) is 65.2 Å². The molecule has 2 aromatic carbocycles. The van der Waals surface area contributed by atoms with Crippen LogP contribution in [-0.2, 0) is 9.59 Å². The standard InChI is InChI=1S/C19H23N3O3/c1-12-8-7-11-16(13(12)2)25-14(3)19(24)22-21-17(18(20)23)15-9-5-4-6-10-15/h4-11,14,17,21H,1-3H3,(H2,20,23)(H,22,24)/t14-,17-/m0/s1. The van der Waals surface area contributed by atoms with E-state index in [1.807, 2.05) is 38.1 Å². The van der Waals surface area contributed by atoms with Crippen LogP contribution in [-0.4, -0.2) is 17.9 Å². The highest BCUT2D eigenvalue weighted by atomic mass is 16.5. The maximum atomic E-state index is 12.3. The summed E-state index contributed by atoms with van der Waals surface area (Å²) in [4.78, 5) is 23.9. The van der Waals surface area contributed by atoms with E-state index >= 15 is 0 Å². The molecular formula is C19H23N3O3. The molecule has 0 aliphatic carbocycles. The van der Waals surface area contributed by atoms with Crippen LogP contribution < -0.4 is 21.3 Å². The van der Waals surface area contributed by atoms with Crippen molar-refractivity contribution >= 4 is 11.8 Å². The highest BCUT2D eigenvalue weighted by Crippen LogP contribution is 2.21. The van der Waals surface area contributed by atoms with Gasteiger partial charge in [-0.05, 0) is 43.5 Å². The first kappa shape index (κ1) is 18.5. The van der Waals surface area contributed by atoms with Gasteiger partial charge < -0.3 is 10.5 Å². The van der Waals surface area contributed by atoms with Gasteiger partial charge in [0.1, 0.15) is 11.8 Å². The minimum atomic E-state index is -0.821. The fraction of sp³-hybridized carbons (Fsp3) is 0.263. The number of nitrogens with two attached hydrogens (primary N) is 1. The molecule has 0 bridgehead atoms. The first-order valence-corrected chi connectivity index (χ1v) is 8.02. The van der Waals surface area contributed by atoms with Crippen LogP contribution in [0.4, 0.5) is 0 Å². The van der Waals surface area contributed by atoms with Crippen LogP contribution >= 0.6 is 0 Å². The van der Waals surface area contributed by atoms with Crippen molar-refractivity contribution in [1.82, 2.24) is 10.9 Å². The largest absolute Gasteiger partial charge is 0.481 e. The zero-order valence-corrected chi connectivity index (χ0v) is 14.6. The van der Waals surface area contributed by atoms with Gasteiger partial charge in [-0.3, -0.25) is 15.0 Å². The molecule has 2 rings (SSSR count). The first-order chi connectivity index (χ1) is 11.9. The molecule has 0 saturated heterocycles. The number of benzene rings is 2. The summed E-state index contributed by atoms with van der Waals surface area (Å²) in [5.41, 5.74) is 13.3. The molecule has 0 unspecified atom stereocenters. The van der Waals surface area contributed by atoms with Crippen LogP contribution in [0.3, 0.4) is 0 Å². The number of hydrogen-bond donors (Lipinski definition) is 3. The fourth-order valence-corrected chi connectivity index (χ4v) is 2.30. The summed E-state index contributed by atoms with van der Waals surface area (Å²) in [6.07, 6.45) is -0.739. The van der Waals surface area contributed by atoms with Crippen LogP contribution in [0.5, 0.6) is 5.75 Å². The van der Waals surface area contributed by atoms with E-state index in [1.165, 1.54) is 0 Å². The van der Waals surface area contributed by atoms with E-state index in [-0.39, 0.29) is 0 Å². The van der Waals surface area contributed by atoms with Gasteiger partial charge in [0.25, 0.3) is 5.91 Å². The van der Waals surface area contributed by atoms with E-state index in [2.05, 4.69) is 10.9 Å². The van der Waals surface area contributed by atoms with E-state index in [4.69, 9.17) is 10.5 Å². The van der Waals surface area contributed by atoms with Crippen LogP contribution in [0, 0.1) is 13.8 Å². The smallest absolute Gasteiger partial charge is 0.274 e. The Morgan fingerprint density at radius 2 is 1.72 bits per heavy atom. The molecule has 4 N–H and O–H groups in total. The Morgan fingerprint density at radius 1 is 1.04 bits per heavy atom. The zero-order chi connectivity index (χ0) is 18.4. The lowest BCUT2D eigenvalue weighted by molar-refractivity contribution is -0.129. The van der Waals surface area contributed by atoms with E-state index in [0.29, 0.717) is 11.3 Å². The van der Waals surface area contributed by atoms with Crippen LogP contribution in [0.25, 0.3) is 0 Å². The predicted molar refractivity (Wildman–Crippen MR) is 95.7 cm³/mol. The van der Waals surface area contributed by atoms with Gasteiger partial charge >= 0.3 is 0 Å². The number of amides is 2. The molecule has 132 valence electrons. The van der Waals surface area contributed by atoms with Crippen molar-refractivity contribution in [3.8, 4) is 5.75 Å². The van der Waals surface area contributed by atoms with Crippen molar-refractivity contribution in [2.24, 2.45) is 5.73 Å². The number of ether oxygens (including phenoxy) is 1. The number of carbonyl (C=O) groups excluding carboxylic acids is 2. The molecule has 0 heterocycles. The number of hydrogen-bond acceptors (Lipinski definition) is 4. The monoisotopic (exact) mass is 341 g/mol. The summed E-state index contributed by atoms with van der Waals surface area (Å²) in [6, 6.07) is 13.8. The van der Waals surface area contributed by atoms with E-state index < -0.39 is 24.0 Å². The molecule has 0 radical (unpaired) electrons. The average molecular weight is 341 g/mol. The van der Waals surface area contributed by atoms with Gasteiger partial charge in [0.15, 0.2) is 6.10 Å². The maximum Gasteiger partial charge on any atom is 0.274 e. The molecule has 6 nitrogen and oxygen atoms in total. The molecule has 2 atom stereocenters. The minimum Gasteiger partial charge on any atom is -0.481 e. The summed E-state index contributed by atoms with van der Waals surface area (Å²) in [5, 5.41) is 0. The lowest BCUT2D eigenvalue weighted by Crippen LogP contribution is -2.49. The van der Waals surface area contributed by atoms with Gasteiger partial charge in [0.05, 0.1) is 0 Å². The Bertz CT molecular complexity index is 747. The quantitative estimate of drug-likeness (QED) is 0.671. The molecule has 0 fully saturated rings. The second-order valence-electron chi connectivity index (χ2n) is 5.84. The van der Waals surface area contributed by atoms with Gasteiger partial charge in [-0.25, -0.2) is 5.43 Å².